The Hall–Kier alpha value is -1.32. The lowest BCUT2D eigenvalue weighted by molar-refractivity contribution is 0.260. The summed E-state index contributed by atoms with van der Waals surface area (Å²) in [7, 11) is 0. The molecule has 1 aromatic heterocycles. The molecule has 0 saturated carbocycles. The van der Waals surface area contributed by atoms with Crippen molar-refractivity contribution in [2.75, 3.05) is 31.5 Å². The highest BCUT2D eigenvalue weighted by Gasteiger charge is 2.06. The molecular weight excluding hydrogens is 366 g/mol. The number of hydrogen-bond donors (Lipinski definition) is 1. The van der Waals surface area contributed by atoms with Crippen LogP contribution in [0.2, 0.25) is 5.02 Å². The summed E-state index contributed by atoms with van der Waals surface area (Å²) in [4.78, 5) is 7.10. The Balaban J connectivity index is 1.78. The monoisotopic (exact) mass is 403 g/mol. The Morgan fingerprint density at radius 2 is 1.54 bits per heavy atom. The third kappa shape index (κ3) is 8.36. The second-order valence-corrected chi connectivity index (χ2v) is 8.20. The molecule has 1 heterocycles. The number of fused-ring (bicyclic) bond motifs is 1. The smallest absolute Gasteiger partial charge is 0.0737 e. The van der Waals surface area contributed by atoms with E-state index in [1.165, 1.54) is 77.4 Å². The Morgan fingerprint density at radius 3 is 2.21 bits per heavy atom. The molecule has 0 aliphatic heterocycles. The molecule has 2 aromatic rings. The van der Waals surface area contributed by atoms with Gasteiger partial charge in [-0.05, 0) is 63.2 Å². The van der Waals surface area contributed by atoms with Gasteiger partial charge in [0.2, 0.25) is 0 Å². The Kier molecular flexibility index (Phi) is 11.3. The van der Waals surface area contributed by atoms with Crippen molar-refractivity contribution in [2.24, 2.45) is 0 Å². The maximum absolute atomic E-state index is 6.09. The molecule has 0 fully saturated rings. The van der Waals surface area contributed by atoms with Crippen LogP contribution < -0.4 is 5.32 Å². The van der Waals surface area contributed by atoms with E-state index in [9.17, 15) is 0 Å². The van der Waals surface area contributed by atoms with Crippen molar-refractivity contribution < 1.29 is 0 Å². The largest absolute Gasteiger partial charge is 0.384 e. The van der Waals surface area contributed by atoms with E-state index in [4.69, 9.17) is 11.6 Å². The molecule has 0 bridgehead atoms. The highest BCUT2D eigenvalue weighted by Crippen LogP contribution is 2.24. The fourth-order valence-electron chi connectivity index (χ4n) is 3.66. The van der Waals surface area contributed by atoms with Crippen LogP contribution in [0.5, 0.6) is 0 Å². The third-order valence-electron chi connectivity index (χ3n) is 5.33. The number of anilines is 1. The molecular formula is C24H38ClN3. The predicted octanol–water partition coefficient (Wildman–Crippen LogP) is 7.15. The number of pyridine rings is 1. The van der Waals surface area contributed by atoms with Crippen LogP contribution in [0.4, 0.5) is 5.69 Å². The van der Waals surface area contributed by atoms with Crippen LogP contribution in [0.15, 0.2) is 30.5 Å². The SMILES string of the molecule is CCCCCCN(CCCCCC)CCCNc1ccnc2cc(Cl)ccc12. The summed E-state index contributed by atoms with van der Waals surface area (Å²) in [6.45, 7) is 9.24. The molecule has 1 aromatic carbocycles. The zero-order valence-electron chi connectivity index (χ0n) is 17.9. The van der Waals surface area contributed by atoms with Gasteiger partial charge >= 0.3 is 0 Å². The van der Waals surface area contributed by atoms with Crippen LogP contribution in [-0.2, 0) is 0 Å². The number of halogens is 1. The fourth-order valence-corrected chi connectivity index (χ4v) is 3.83. The highest BCUT2D eigenvalue weighted by molar-refractivity contribution is 6.31. The summed E-state index contributed by atoms with van der Waals surface area (Å²) in [5.41, 5.74) is 2.10. The molecule has 28 heavy (non-hydrogen) atoms. The molecule has 0 atom stereocenters. The summed E-state index contributed by atoms with van der Waals surface area (Å²) in [6.07, 6.45) is 13.8. The van der Waals surface area contributed by atoms with E-state index in [0.717, 1.165) is 28.2 Å². The van der Waals surface area contributed by atoms with Gasteiger partial charge in [0.05, 0.1) is 5.52 Å². The van der Waals surface area contributed by atoms with E-state index in [2.05, 4.69) is 41.2 Å². The predicted molar refractivity (Wildman–Crippen MR) is 125 cm³/mol. The first kappa shape index (κ1) is 23.0. The van der Waals surface area contributed by atoms with Gasteiger partial charge in [0.1, 0.15) is 0 Å². The molecule has 0 unspecified atom stereocenters. The molecule has 156 valence electrons. The zero-order valence-corrected chi connectivity index (χ0v) is 18.6. The van der Waals surface area contributed by atoms with Crippen LogP contribution in [-0.4, -0.2) is 36.1 Å². The number of hydrogen-bond acceptors (Lipinski definition) is 3. The van der Waals surface area contributed by atoms with Crippen LogP contribution in [0.25, 0.3) is 10.9 Å². The van der Waals surface area contributed by atoms with Crippen molar-refractivity contribution in [1.29, 1.82) is 0 Å². The van der Waals surface area contributed by atoms with E-state index < -0.39 is 0 Å². The van der Waals surface area contributed by atoms with Crippen molar-refractivity contribution in [3.63, 3.8) is 0 Å². The average Bonchev–Trinajstić information content (AvgIpc) is 2.70. The number of nitrogens with one attached hydrogen (secondary N) is 1. The van der Waals surface area contributed by atoms with Gasteiger partial charge in [-0.2, -0.15) is 0 Å². The number of rotatable bonds is 15. The van der Waals surface area contributed by atoms with Gasteiger partial charge in [0.25, 0.3) is 0 Å². The van der Waals surface area contributed by atoms with Crippen molar-refractivity contribution in [2.45, 2.75) is 71.6 Å². The van der Waals surface area contributed by atoms with Crippen LogP contribution in [0, 0.1) is 0 Å². The lowest BCUT2D eigenvalue weighted by atomic mass is 10.1. The number of benzene rings is 1. The van der Waals surface area contributed by atoms with E-state index in [-0.39, 0.29) is 0 Å². The molecule has 4 heteroatoms. The molecule has 0 amide bonds. The summed E-state index contributed by atoms with van der Waals surface area (Å²) >= 11 is 6.09. The second kappa shape index (κ2) is 13.8. The summed E-state index contributed by atoms with van der Waals surface area (Å²) in [5, 5.41) is 5.48. The van der Waals surface area contributed by atoms with Gasteiger partial charge < -0.3 is 10.2 Å². The lowest BCUT2D eigenvalue weighted by Crippen LogP contribution is -2.28. The molecule has 3 nitrogen and oxygen atoms in total. The van der Waals surface area contributed by atoms with Crippen LogP contribution in [0.3, 0.4) is 0 Å². The average molecular weight is 404 g/mol. The molecule has 0 spiro atoms. The van der Waals surface area contributed by atoms with Crippen molar-refractivity contribution in [1.82, 2.24) is 9.88 Å². The standard InChI is InChI=1S/C24H38ClN3/c1-3-5-7-9-17-28(18-10-8-6-4-2)19-11-15-26-23-14-16-27-24-20-21(25)12-13-22(23)24/h12-14,16,20H,3-11,15,17-19H2,1-2H3,(H,26,27). The minimum absolute atomic E-state index is 0.735. The van der Waals surface area contributed by atoms with E-state index in [1.54, 1.807) is 0 Å². The molecule has 1 N–H and O–H groups in total. The first-order chi connectivity index (χ1) is 13.7. The summed E-state index contributed by atoms with van der Waals surface area (Å²) < 4.78 is 0. The molecule has 0 radical (unpaired) electrons. The maximum atomic E-state index is 6.09. The third-order valence-corrected chi connectivity index (χ3v) is 5.56. The maximum Gasteiger partial charge on any atom is 0.0737 e. The minimum Gasteiger partial charge on any atom is -0.384 e. The minimum atomic E-state index is 0.735. The van der Waals surface area contributed by atoms with Gasteiger partial charge in [-0.25, -0.2) is 0 Å². The Labute approximate surface area is 176 Å². The molecule has 0 aliphatic rings. The fraction of sp³-hybridized carbons (Fsp3) is 0.625. The summed E-state index contributed by atoms with van der Waals surface area (Å²) in [6, 6.07) is 7.98. The summed E-state index contributed by atoms with van der Waals surface area (Å²) in [5.74, 6) is 0. The number of aromatic nitrogens is 1. The van der Waals surface area contributed by atoms with Gasteiger partial charge in [0.15, 0.2) is 0 Å². The first-order valence-corrected chi connectivity index (χ1v) is 11.6. The van der Waals surface area contributed by atoms with Gasteiger partial charge in [-0.3, -0.25) is 4.98 Å². The second-order valence-electron chi connectivity index (χ2n) is 7.76. The van der Waals surface area contributed by atoms with Crippen molar-refractivity contribution in [3.05, 3.63) is 35.5 Å². The van der Waals surface area contributed by atoms with Crippen LogP contribution >= 0.6 is 11.6 Å². The molecule has 2 rings (SSSR count). The number of unbranched alkanes of at least 4 members (excludes halogenated alkanes) is 6. The lowest BCUT2D eigenvalue weighted by Gasteiger charge is -2.22. The molecule has 0 saturated heterocycles. The van der Waals surface area contributed by atoms with E-state index >= 15 is 0 Å². The van der Waals surface area contributed by atoms with Gasteiger partial charge in [0, 0.05) is 28.8 Å². The Bertz CT molecular complexity index is 662. The van der Waals surface area contributed by atoms with E-state index in [0.29, 0.717) is 0 Å². The van der Waals surface area contributed by atoms with Crippen molar-refractivity contribution >= 4 is 28.2 Å². The van der Waals surface area contributed by atoms with Gasteiger partial charge in [-0.1, -0.05) is 64.0 Å². The molecule has 0 aliphatic carbocycles. The highest BCUT2D eigenvalue weighted by atomic mass is 35.5. The zero-order chi connectivity index (χ0) is 20.0. The van der Waals surface area contributed by atoms with E-state index in [1.807, 2.05) is 18.3 Å². The van der Waals surface area contributed by atoms with Gasteiger partial charge in [-0.15, -0.1) is 0 Å². The Morgan fingerprint density at radius 1 is 0.857 bits per heavy atom. The van der Waals surface area contributed by atoms with Crippen LogP contribution in [0.1, 0.15) is 71.6 Å². The van der Waals surface area contributed by atoms with Crippen molar-refractivity contribution in [3.8, 4) is 0 Å². The quantitative estimate of drug-likeness (QED) is 0.320. The normalized spacial score (nSPS) is 11.4. The topological polar surface area (TPSA) is 28.2 Å². The first-order valence-electron chi connectivity index (χ1n) is 11.2. The number of nitrogens with zero attached hydrogens (tertiary/aromatic N) is 2.